The Morgan fingerprint density at radius 1 is 1.09 bits per heavy atom. The van der Waals surface area contributed by atoms with Gasteiger partial charge in [-0.1, -0.05) is 0 Å². The highest BCUT2D eigenvalue weighted by Crippen LogP contribution is 2.36. The van der Waals surface area contributed by atoms with Crippen LogP contribution in [0.2, 0.25) is 0 Å². The summed E-state index contributed by atoms with van der Waals surface area (Å²) in [6.07, 6.45) is 3.01. The zero-order chi connectivity index (χ0) is 16.2. The third-order valence-electron chi connectivity index (χ3n) is 4.64. The largest absolute Gasteiger partial charge is 0.498 e. The van der Waals surface area contributed by atoms with Gasteiger partial charge in [0, 0.05) is 30.8 Å². The fourth-order valence-corrected chi connectivity index (χ4v) is 2.50. The van der Waals surface area contributed by atoms with E-state index < -0.39 is 24.2 Å². The minimum absolute atomic E-state index is 0.157. The van der Waals surface area contributed by atoms with E-state index in [1.807, 2.05) is 27.7 Å². The van der Waals surface area contributed by atoms with Gasteiger partial charge < -0.3 is 14.2 Å². The Morgan fingerprint density at radius 3 is 2.09 bits per heavy atom. The maximum Gasteiger partial charge on any atom is 0.498 e. The van der Waals surface area contributed by atoms with E-state index in [2.05, 4.69) is 9.97 Å². The van der Waals surface area contributed by atoms with Crippen molar-refractivity contribution in [2.24, 2.45) is 0 Å². The zero-order valence-electron chi connectivity index (χ0n) is 13.3. The van der Waals surface area contributed by atoms with E-state index in [1.165, 1.54) is 4.90 Å². The van der Waals surface area contributed by atoms with Crippen molar-refractivity contribution in [1.29, 1.82) is 0 Å². The van der Waals surface area contributed by atoms with Crippen LogP contribution < -0.4 is 10.4 Å². The quantitative estimate of drug-likeness (QED) is 0.777. The minimum Gasteiger partial charge on any atom is -0.399 e. The van der Waals surface area contributed by atoms with Crippen molar-refractivity contribution in [3.63, 3.8) is 0 Å². The van der Waals surface area contributed by atoms with Gasteiger partial charge in [-0.3, -0.25) is 0 Å². The monoisotopic (exact) mass is 311 g/mol. The molecule has 2 aliphatic rings. The van der Waals surface area contributed by atoms with E-state index in [4.69, 9.17) is 9.31 Å². The number of rotatable bonds is 2. The Bertz CT molecular complexity index is 550. The molecule has 1 aromatic rings. The zero-order valence-corrected chi connectivity index (χ0v) is 13.3. The van der Waals surface area contributed by atoms with Crippen molar-refractivity contribution < 1.29 is 18.1 Å². The second-order valence-electron chi connectivity index (χ2n) is 6.93. The number of anilines is 1. The summed E-state index contributed by atoms with van der Waals surface area (Å²) >= 11 is 0. The van der Waals surface area contributed by atoms with Crippen LogP contribution in [0.15, 0.2) is 12.4 Å². The highest BCUT2D eigenvalue weighted by molar-refractivity contribution is 6.61. The first-order chi connectivity index (χ1) is 10.1. The van der Waals surface area contributed by atoms with Crippen molar-refractivity contribution in [3.8, 4) is 0 Å². The van der Waals surface area contributed by atoms with E-state index in [-0.39, 0.29) is 19.5 Å². The van der Waals surface area contributed by atoms with Crippen LogP contribution in [-0.4, -0.2) is 47.3 Å². The summed E-state index contributed by atoms with van der Waals surface area (Å²) in [6, 6.07) is 0. The molecule has 0 saturated carbocycles. The summed E-state index contributed by atoms with van der Waals surface area (Å²) in [4.78, 5) is 9.87. The number of alkyl halides is 2. The molecule has 0 N–H and O–H groups in total. The van der Waals surface area contributed by atoms with Crippen molar-refractivity contribution in [2.45, 2.75) is 51.2 Å². The Hall–Kier alpha value is -1.28. The highest BCUT2D eigenvalue weighted by atomic mass is 19.3. The average molecular weight is 311 g/mol. The van der Waals surface area contributed by atoms with Gasteiger partial charge in [-0.05, 0) is 27.7 Å². The molecule has 3 heterocycles. The van der Waals surface area contributed by atoms with E-state index in [1.54, 1.807) is 12.4 Å². The van der Waals surface area contributed by atoms with Gasteiger partial charge in [0.05, 0.1) is 17.7 Å². The van der Waals surface area contributed by atoms with E-state index in [0.29, 0.717) is 11.4 Å². The average Bonchev–Trinajstić information content (AvgIpc) is 2.87. The van der Waals surface area contributed by atoms with Crippen LogP contribution >= 0.6 is 0 Å². The van der Waals surface area contributed by atoms with Crippen LogP contribution in [0.25, 0.3) is 0 Å². The molecule has 2 aliphatic heterocycles. The molecule has 0 bridgehead atoms. The topological polar surface area (TPSA) is 47.5 Å². The number of nitrogens with zero attached hydrogens (tertiary/aromatic N) is 3. The Labute approximate surface area is 129 Å². The van der Waals surface area contributed by atoms with Crippen LogP contribution in [0.5, 0.6) is 0 Å². The predicted octanol–water partition coefficient (Wildman–Crippen LogP) is 1.62. The summed E-state index contributed by atoms with van der Waals surface area (Å²) < 4.78 is 38.3. The highest BCUT2D eigenvalue weighted by Gasteiger charge is 2.52. The molecule has 0 amide bonds. The van der Waals surface area contributed by atoms with Crippen LogP contribution in [-0.2, 0) is 9.31 Å². The molecule has 1 aromatic heterocycles. The second kappa shape index (κ2) is 4.86. The van der Waals surface area contributed by atoms with E-state index >= 15 is 0 Å². The summed E-state index contributed by atoms with van der Waals surface area (Å²) in [5.74, 6) is -2.34. The molecule has 22 heavy (non-hydrogen) atoms. The number of halogens is 2. The molecule has 0 spiro atoms. The van der Waals surface area contributed by atoms with Gasteiger partial charge in [-0.2, -0.15) is 0 Å². The van der Waals surface area contributed by atoms with Crippen molar-refractivity contribution in [3.05, 3.63) is 12.4 Å². The fourth-order valence-electron chi connectivity index (χ4n) is 2.50. The minimum atomic E-state index is -2.66. The molecule has 0 aliphatic carbocycles. The molecule has 0 atom stereocenters. The van der Waals surface area contributed by atoms with Crippen LogP contribution in [0, 0.1) is 0 Å². The standard InChI is InChI=1S/C14H20BF2N3O2/c1-12(2)13(3,4)22-15(21-12)10-7-18-11(19-8-10)20-6-5-14(16,17)9-20/h7-8H,5-6,9H2,1-4H3. The van der Waals surface area contributed by atoms with E-state index in [9.17, 15) is 8.78 Å². The Morgan fingerprint density at radius 2 is 1.64 bits per heavy atom. The van der Waals surface area contributed by atoms with E-state index in [0.717, 1.165) is 0 Å². The van der Waals surface area contributed by atoms with Gasteiger partial charge in [0.2, 0.25) is 5.95 Å². The summed E-state index contributed by atoms with van der Waals surface area (Å²) in [5, 5.41) is 0. The van der Waals surface area contributed by atoms with Crippen molar-refractivity contribution >= 4 is 18.5 Å². The van der Waals surface area contributed by atoms with Gasteiger partial charge in [0.25, 0.3) is 5.92 Å². The lowest BCUT2D eigenvalue weighted by molar-refractivity contribution is 0.00578. The SMILES string of the molecule is CC1(C)OB(c2cnc(N3CCC(F)(F)C3)nc2)OC1(C)C. The summed E-state index contributed by atoms with van der Waals surface area (Å²) in [7, 11) is -0.543. The van der Waals surface area contributed by atoms with Gasteiger partial charge >= 0.3 is 7.12 Å². The molecule has 120 valence electrons. The normalized spacial score (nSPS) is 25.7. The molecule has 0 radical (unpaired) electrons. The second-order valence-corrected chi connectivity index (χ2v) is 6.93. The van der Waals surface area contributed by atoms with Crippen LogP contribution in [0.3, 0.4) is 0 Å². The lowest BCUT2D eigenvalue weighted by Gasteiger charge is -2.32. The lowest BCUT2D eigenvalue weighted by Crippen LogP contribution is -2.41. The molecular weight excluding hydrogens is 291 g/mol. The van der Waals surface area contributed by atoms with Crippen LogP contribution in [0.1, 0.15) is 34.1 Å². The first-order valence-corrected chi connectivity index (χ1v) is 7.40. The van der Waals surface area contributed by atoms with Crippen molar-refractivity contribution in [1.82, 2.24) is 9.97 Å². The Balaban J connectivity index is 1.73. The van der Waals surface area contributed by atoms with Gasteiger partial charge in [-0.25, -0.2) is 18.7 Å². The maximum atomic E-state index is 13.2. The van der Waals surface area contributed by atoms with Gasteiger partial charge in [0.1, 0.15) is 0 Å². The molecule has 2 saturated heterocycles. The smallest absolute Gasteiger partial charge is 0.399 e. The first kappa shape index (κ1) is 15.6. The molecule has 5 nitrogen and oxygen atoms in total. The predicted molar refractivity (Wildman–Crippen MR) is 79.5 cm³/mol. The summed E-state index contributed by atoms with van der Waals surface area (Å²) in [6.45, 7) is 7.80. The third kappa shape index (κ3) is 2.69. The van der Waals surface area contributed by atoms with Crippen LogP contribution in [0.4, 0.5) is 14.7 Å². The number of hydrogen-bond donors (Lipinski definition) is 0. The fraction of sp³-hybridized carbons (Fsp3) is 0.714. The van der Waals surface area contributed by atoms with Crippen molar-refractivity contribution in [2.75, 3.05) is 18.0 Å². The molecule has 2 fully saturated rings. The van der Waals surface area contributed by atoms with Gasteiger partial charge in [-0.15, -0.1) is 0 Å². The Kier molecular flexibility index (Phi) is 3.45. The molecule has 3 rings (SSSR count). The molecular formula is C14H20BF2N3O2. The third-order valence-corrected chi connectivity index (χ3v) is 4.64. The molecule has 8 heteroatoms. The number of aromatic nitrogens is 2. The summed E-state index contributed by atoms with van der Waals surface area (Å²) in [5.41, 5.74) is -0.186. The number of hydrogen-bond acceptors (Lipinski definition) is 5. The first-order valence-electron chi connectivity index (χ1n) is 7.40. The van der Waals surface area contributed by atoms with Gasteiger partial charge in [0.15, 0.2) is 0 Å². The maximum absolute atomic E-state index is 13.2. The molecule has 0 aromatic carbocycles. The molecule has 0 unspecified atom stereocenters. The lowest BCUT2D eigenvalue weighted by atomic mass is 9.81.